The maximum Gasteiger partial charge on any atom is 0.260 e. The highest BCUT2D eigenvalue weighted by Crippen LogP contribution is 2.35. The van der Waals surface area contributed by atoms with Gasteiger partial charge in [-0.15, -0.1) is 0 Å². The summed E-state index contributed by atoms with van der Waals surface area (Å²) in [4.78, 5) is 14.3. The first-order chi connectivity index (χ1) is 10.6. The van der Waals surface area contributed by atoms with Crippen molar-refractivity contribution in [1.29, 1.82) is 0 Å². The second kappa shape index (κ2) is 7.89. The molecule has 2 rings (SSSR count). The van der Waals surface area contributed by atoms with E-state index >= 15 is 0 Å². The largest absolute Gasteiger partial charge is 0.481 e. The fourth-order valence-corrected chi connectivity index (χ4v) is 2.23. The smallest absolute Gasteiger partial charge is 0.260 e. The third-order valence-corrected chi connectivity index (χ3v) is 3.65. The third kappa shape index (κ3) is 4.27. The highest BCUT2D eigenvalue weighted by Gasteiger charge is 2.18. The van der Waals surface area contributed by atoms with E-state index in [1.54, 1.807) is 25.1 Å². The van der Waals surface area contributed by atoms with Crippen LogP contribution in [0, 0.1) is 0 Å². The predicted molar refractivity (Wildman–Crippen MR) is 83.5 cm³/mol. The van der Waals surface area contributed by atoms with Crippen LogP contribution in [0.4, 0.5) is 0 Å². The molecule has 0 saturated heterocycles. The van der Waals surface area contributed by atoms with Gasteiger partial charge in [0.2, 0.25) is 6.79 Å². The van der Waals surface area contributed by atoms with Crippen molar-refractivity contribution < 1.29 is 19.0 Å². The van der Waals surface area contributed by atoms with Gasteiger partial charge in [0.15, 0.2) is 17.6 Å². The van der Waals surface area contributed by atoms with Crippen molar-refractivity contribution in [2.24, 2.45) is 0 Å². The fraction of sp³-hybridized carbons (Fsp3) is 0.562. The van der Waals surface area contributed by atoms with E-state index in [2.05, 4.69) is 24.1 Å². The molecule has 0 aliphatic carbocycles. The minimum atomic E-state index is -0.558. The van der Waals surface area contributed by atoms with Crippen molar-refractivity contribution in [1.82, 2.24) is 10.2 Å². The Hall–Kier alpha value is -1.95. The number of hydrogen-bond donors (Lipinski definition) is 1. The van der Waals surface area contributed by atoms with Crippen LogP contribution >= 0.6 is 0 Å². The van der Waals surface area contributed by atoms with Crippen molar-refractivity contribution >= 4 is 5.91 Å². The summed E-state index contributed by atoms with van der Waals surface area (Å²) in [6, 6.07) is 5.29. The number of benzene rings is 1. The van der Waals surface area contributed by atoms with Crippen LogP contribution in [0.25, 0.3) is 0 Å². The molecule has 6 nitrogen and oxygen atoms in total. The van der Waals surface area contributed by atoms with E-state index in [1.165, 1.54) is 0 Å². The number of fused-ring (bicyclic) bond motifs is 1. The van der Waals surface area contributed by atoms with Crippen LogP contribution in [0.15, 0.2) is 18.2 Å². The van der Waals surface area contributed by atoms with E-state index < -0.39 is 6.10 Å². The van der Waals surface area contributed by atoms with Gasteiger partial charge in [0.25, 0.3) is 5.91 Å². The lowest BCUT2D eigenvalue weighted by Gasteiger charge is -2.19. The van der Waals surface area contributed by atoms with Crippen LogP contribution in [0.1, 0.15) is 20.8 Å². The van der Waals surface area contributed by atoms with E-state index in [1.807, 2.05) is 0 Å². The molecule has 6 heteroatoms. The predicted octanol–water partition coefficient (Wildman–Crippen LogP) is 1.64. The number of nitrogens with one attached hydrogen (secondary N) is 1. The lowest BCUT2D eigenvalue weighted by molar-refractivity contribution is -0.127. The summed E-state index contributed by atoms with van der Waals surface area (Å²) in [6.45, 7) is 9.60. The Morgan fingerprint density at radius 3 is 2.77 bits per heavy atom. The van der Waals surface area contributed by atoms with Gasteiger partial charge in [-0.25, -0.2) is 0 Å². The summed E-state index contributed by atoms with van der Waals surface area (Å²) in [5.41, 5.74) is 0. The van der Waals surface area contributed by atoms with Crippen LogP contribution in [0.3, 0.4) is 0 Å². The zero-order valence-corrected chi connectivity index (χ0v) is 13.4. The van der Waals surface area contributed by atoms with Gasteiger partial charge in [-0.3, -0.25) is 4.79 Å². The summed E-state index contributed by atoms with van der Waals surface area (Å²) < 4.78 is 16.2. The van der Waals surface area contributed by atoms with Crippen LogP contribution in [-0.2, 0) is 4.79 Å². The molecule has 1 heterocycles. The minimum Gasteiger partial charge on any atom is -0.481 e. The molecule has 0 fully saturated rings. The monoisotopic (exact) mass is 308 g/mol. The van der Waals surface area contributed by atoms with E-state index in [0.717, 1.165) is 19.6 Å². The van der Waals surface area contributed by atoms with E-state index in [9.17, 15) is 4.79 Å². The average molecular weight is 308 g/mol. The lowest BCUT2D eigenvalue weighted by Crippen LogP contribution is -2.40. The number of hydrogen-bond acceptors (Lipinski definition) is 5. The lowest BCUT2D eigenvalue weighted by atomic mass is 10.3. The summed E-state index contributed by atoms with van der Waals surface area (Å²) in [7, 11) is 0. The van der Waals surface area contributed by atoms with Gasteiger partial charge in [0, 0.05) is 19.2 Å². The summed E-state index contributed by atoms with van der Waals surface area (Å²) in [5.74, 6) is 1.82. The molecule has 1 amide bonds. The highest BCUT2D eigenvalue weighted by atomic mass is 16.7. The molecule has 1 aromatic carbocycles. The SMILES string of the molecule is CCN(CC)CCNC(=O)C(C)Oc1ccc2c(c1)OCO2. The molecule has 0 radical (unpaired) electrons. The molecule has 122 valence electrons. The van der Waals surface area contributed by atoms with Crippen LogP contribution in [0.2, 0.25) is 0 Å². The molecule has 1 aromatic rings. The number of rotatable bonds is 8. The maximum absolute atomic E-state index is 12.0. The van der Waals surface area contributed by atoms with Crippen molar-refractivity contribution in [2.75, 3.05) is 33.0 Å². The number of carbonyl (C=O) groups is 1. The summed E-state index contributed by atoms with van der Waals surface area (Å²) in [6.07, 6.45) is -0.558. The first-order valence-corrected chi connectivity index (χ1v) is 7.70. The molecule has 0 bridgehead atoms. The van der Waals surface area contributed by atoms with Gasteiger partial charge in [0.1, 0.15) is 5.75 Å². The molecular formula is C16H24N2O4. The number of ether oxygens (including phenoxy) is 3. The summed E-state index contributed by atoms with van der Waals surface area (Å²) in [5, 5.41) is 2.89. The van der Waals surface area contributed by atoms with Crippen LogP contribution < -0.4 is 19.5 Å². The fourth-order valence-electron chi connectivity index (χ4n) is 2.23. The topological polar surface area (TPSA) is 60.0 Å². The number of likely N-dealkylation sites (N-methyl/N-ethyl adjacent to an activating group) is 1. The first kappa shape index (κ1) is 16.4. The minimum absolute atomic E-state index is 0.121. The van der Waals surface area contributed by atoms with Gasteiger partial charge >= 0.3 is 0 Å². The Bertz CT molecular complexity index is 503. The molecule has 1 N–H and O–H groups in total. The second-order valence-corrected chi connectivity index (χ2v) is 5.09. The van der Waals surface area contributed by atoms with E-state index in [-0.39, 0.29) is 12.7 Å². The van der Waals surface area contributed by atoms with Gasteiger partial charge in [-0.1, -0.05) is 13.8 Å². The number of amides is 1. The molecular weight excluding hydrogens is 284 g/mol. The van der Waals surface area contributed by atoms with E-state index in [0.29, 0.717) is 23.8 Å². The van der Waals surface area contributed by atoms with Gasteiger partial charge < -0.3 is 24.4 Å². The van der Waals surface area contributed by atoms with Crippen molar-refractivity contribution in [2.45, 2.75) is 26.9 Å². The average Bonchev–Trinajstić information content (AvgIpc) is 2.99. The molecule has 22 heavy (non-hydrogen) atoms. The molecule has 1 aliphatic heterocycles. The Morgan fingerprint density at radius 2 is 2.05 bits per heavy atom. The Labute approximate surface area is 131 Å². The molecule has 0 spiro atoms. The maximum atomic E-state index is 12.0. The number of carbonyl (C=O) groups excluding carboxylic acids is 1. The molecule has 1 unspecified atom stereocenters. The molecule has 1 aliphatic rings. The third-order valence-electron chi connectivity index (χ3n) is 3.65. The van der Waals surface area contributed by atoms with Crippen molar-refractivity contribution in [3.63, 3.8) is 0 Å². The van der Waals surface area contributed by atoms with Gasteiger partial charge in [0.05, 0.1) is 0 Å². The quantitative estimate of drug-likeness (QED) is 0.791. The Morgan fingerprint density at radius 1 is 1.32 bits per heavy atom. The molecule has 1 atom stereocenters. The second-order valence-electron chi connectivity index (χ2n) is 5.09. The van der Waals surface area contributed by atoms with Crippen LogP contribution in [-0.4, -0.2) is 49.9 Å². The van der Waals surface area contributed by atoms with E-state index in [4.69, 9.17) is 14.2 Å². The molecule has 0 saturated carbocycles. The highest BCUT2D eigenvalue weighted by molar-refractivity contribution is 5.80. The normalized spacial score (nSPS) is 14.0. The Balaban J connectivity index is 1.78. The summed E-state index contributed by atoms with van der Waals surface area (Å²) >= 11 is 0. The van der Waals surface area contributed by atoms with Crippen molar-refractivity contribution in [3.05, 3.63) is 18.2 Å². The molecule has 0 aromatic heterocycles. The first-order valence-electron chi connectivity index (χ1n) is 7.70. The standard InChI is InChI=1S/C16H24N2O4/c1-4-18(5-2)9-8-17-16(19)12(3)22-13-6-7-14-15(10-13)21-11-20-14/h6-7,10,12H,4-5,8-9,11H2,1-3H3,(H,17,19). The van der Waals surface area contributed by atoms with Crippen molar-refractivity contribution in [3.8, 4) is 17.2 Å². The Kier molecular flexibility index (Phi) is 5.89. The van der Waals surface area contributed by atoms with Gasteiger partial charge in [-0.05, 0) is 32.1 Å². The van der Waals surface area contributed by atoms with Crippen LogP contribution in [0.5, 0.6) is 17.2 Å². The zero-order chi connectivity index (χ0) is 15.9. The number of nitrogens with zero attached hydrogens (tertiary/aromatic N) is 1. The zero-order valence-electron chi connectivity index (χ0n) is 13.4. The van der Waals surface area contributed by atoms with Gasteiger partial charge in [-0.2, -0.15) is 0 Å².